The SMILES string of the molecule is COc1ccc(Br)cc1C(N)c1ccc(Cl)cc1F. The summed E-state index contributed by atoms with van der Waals surface area (Å²) >= 11 is 9.11. The molecule has 0 saturated carbocycles. The maximum Gasteiger partial charge on any atom is 0.129 e. The zero-order chi connectivity index (χ0) is 14.0. The van der Waals surface area contributed by atoms with Crippen LogP contribution in [0.5, 0.6) is 5.75 Å². The van der Waals surface area contributed by atoms with E-state index in [1.807, 2.05) is 12.1 Å². The van der Waals surface area contributed by atoms with Gasteiger partial charge in [0.2, 0.25) is 0 Å². The molecule has 2 aromatic rings. The maximum absolute atomic E-state index is 13.9. The van der Waals surface area contributed by atoms with Gasteiger partial charge in [-0.15, -0.1) is 0 Å². The van der Waals surface area contributed by atoms with E-state index in [2.05, 4.69) is 15.9 Å². The molecule has 2 nitrogen and oxygen atoms in total. The van der Waals surface area contributed by atoms with Gasteiger partial charge in [0.05, 0.1) is 13.2 Å². The third kappa shape index (κ3) is 3.08. The van der Waals surface area contributed by atoms with E-state index in [1.54, 1.807) is 25.3 Å². The smallest absolute Gasteiger partial charge is 0.129 e. The van der Waals surface area contributed by atoms with E-state index in [4.69, 9.17) is 22.1 Å². The fourth-order valence-electron chi connectivity index (χ4n) is 1.87. The lowest BCUT2D eigenvalue weighted by atomic mass is 9.98. The van der Waals surface area contributed by atoms with E-state index in [9.17, 15) is 4.39 Å². The highest BCUT2D eigenvalue weighted by Crippen LogP contribution is 2.32. The molecule has 0 aromatic heterocycles. The van der Waals surface area contributed by atoms with Crippen molar-refractivity contribution in [1.29, 1.82) is 0 Å². The van der Waals surface area contributed by atoms with E-state index in [-0.39, 0.29) is 0 Å². The van der Waals surface area contributed by atoms with Crippen LogP contribution in [-0.2, 0) is 0 Å². The van der Waals surface area contributed by atoms with Crippen molar-refractivity contribution in [2.45, 2.75) is 6.04 Å². The van der Waals surface area contributed by atoms with E-state index in [1.165, 1.54) is 6.07 Å². The van der Waals surface area contributed by atoms with Crippen LogP contribution in [-0.4, -0.2) is 7.11 Å². The van der Waals surface area contributed by atoms with Crippen LogP contribution in [0, 0.1) is 5.82 Å². The van der Waals surface area contributed by atoms with Gasteiger partial charge in [-0.3, -0.25) is 0 Å². The Bertz CT molecular complexity index is 606. The first-order valence-corrected chi connectivity index (χ1v) is 6.74. The average molecular weight is 345 g/mol. The monoisotopic (exact) mass is 343 g/mol. The fourth-order valence-corrected chi connectivity index (χ4v) is 2.41. The fraction of sp³-hybridized carbons (Fsp3) is 0.143. The summed E-state index contributed by atoms with van der Waals surface area (Å²) in [5, 5.41) is 0.342. The van der Waals surface area contributed by atoms with Gasteiger partial charge >= 0.3 is 0 Å². The molecule has 0 radical (unpaired) electrons. The van der Waals surface area contributed by atoms with Crippen molar-refractivity contribution in [2.24, 2.45) is 5.73 Å². The Morgan fingerprint density at radius 1 is 1.21 bits per heavy atom. The molecule has 2 aromatic carbocycles. The lowest BCUT2D eigenvalue weighted by molar-refractivity contribution is 0.407. The summed E-state index contributed by atoms with van der Waals surface area (Å²) in [6, 6.07) is 9.27. The number of ether oxygens (including phenoxy) is 1. The highest BCUT2D eigenvalue weighted by atomic mass is 79.9. The van der Waals surface area contributed by atoms with Crippen LogP contribution >= 0.6 is 27.5 Å². The highest BCUT2D eigenvalue weighted by molar-refractivity contribution is 9.10. The lowest BCUT2D eigenvalue weighted by Gasteiger charge is -2.17. The number of halogens is 3. The molecular formula is C14H12BrClFNO. The summed E-state index contributed by atoms with van der Waals surface area (Å²) in [5.41, 5.74) is 7.21. The van der Waals surface area contributed by atoms with E-state index < -0.39 is 11.9 Å². The third-order valence-corrected chi connectivity index (χ3v) is 3.55. The highest BCUT2D eigenvalue weighted by Gasteiger charge is 2.18. The van der Waals surface area contributed by atoms with Gasteiger partial charge in [0, 0.05) is 20.6 Å². The summed E-state index contributed by atoms with van der Waals surface area (Å²) in [4.78, 5) is 0. The minimum absolute atomic E-state index is 0.342. The molecule has 0 bridgehead atoms. The van der Waals surface area contributed by atoms with Crippen LogP contribution in [0.1, 0.15) is 17.2 Å². The molecule has 100 valence electrons. The number of methoxy groups -OCH3 is 1. The minimum atomic E-state index is -0.621. The standard InChI is InChI=1S/C14H12BrClFNO/c1-19-13-5-2-8(15)6-11(13)14(18)10-4-3-9(16)7-12(10)17/h2-7,14H,18H2,1H3. The van der Waals surface area contributed by atoms with Crippen molar-refractivity contribution in [2.75, 3.05) is 7.11 Å². The Morgan fingerprint density at radius 3 is 2.58 bits per heavy atom. The second-order valence-electron chi connectivity index (χ2n) is 4.03. The van der Waals surface area contributed by atoms with Gasteiger partial charge in [-0.2, -0.15) is 0 Å². The summed E-state index contributed by atoms with van der Waals surface area (Å²) in [6.45, 7) is 0. The molecule has 0 amide bonds. The Labute approximate surface area is 124 Å². The molecule has 19 heavy (non-hydrogen) atoms. The van der Waals surface area contributed by atoms with Crippen molar-refractivity contribution in [3.05, 3.63) is 62.8 Å². The van der Waals surface area contributed by atoms with Crippen LogP contribution in [0.4, 0.5) is 4.39 Å². The van der Waals surface area contributed by atoms with Crippen molar-refractivity contribution >= 4 is 27.5 Å². The molecule has 1 unspecified atom stereocenters. The molecule has 1 atom stereocenters. The van der Waals surface area contributed by atoms with Crippen LogP contribution < -0.4 is 10.5 Å². The van der Waals surface area contributed by atoms with Crippen LogP contribution in [0.3, 0.4) is 0 Å². The summed E-state index contributed by atoms with van der Waals surface area (Å²) in [5.74, 6) is 0.187. The number of hydrogen-bond acceptors (Lipinski definition) is 2. The number of hydrogen-bond donors (Lipinski definition) is 1. The van der Waals surface area contributed by atoms with Gasteiger partial charge < -0.3 is 10.5 Å². The molecule has 5 heteroatoms. The second kappa shape index (κ2) is 5.90. The molecule has 0 aliphatic carbocycles. The second-order valence-corrected chi connectivity index (χ2v) is 5.38. The van der Waals surface area contributed by atoms with Gasteiger partial charge in [-0.05, 0) is 30.3 Å². The first-order valence-electron chi connectivity index (χ1n) is 5.57. The first kappa shape index (κ1) is 14.3. The number of rotatable bonds is 3. The Morgan fingerprint density at radius 2 is 1.95 bits per heavy atom. The Balaban J connectivity index is 2.49. The van der Waals surface area contributed by atoms with Gasteiger partial charge in [0.1, 0.15) is 11.6 Å². The number of nitrogens with two attached hydrogens (primary N) is 1. The van der Waals surface area contributed by atoms with Gasteiger partial charge in [-0.25, -0.2) is 4.39 Å². The summed E-state index contributed by atoms with van der Waals surface area (Å²) in [7, 11) is 1.55. The minimum Gasteiger partial charge on any atom is -0.496 e. The van der Waals surface area contributed by atoms with E-state index in [0.717, 1.165) is 4.47 Å². The molecule has 0 heterocycles. The van der Waals surface area contributed by atoms with Crippen molar-refractivity contribution < 1.29 is 9.13 Å². The van der Waals surface area contributed by atoms with Crippen LogP contribution in [0.2, 0.25) is 5.02 Å². The zero-order valence-corrected chi connectivity index (χ0v) is 12.5. The number of benzene rings is 2. The molecule has 0 aliphatic rings. The maximum atomic E-state index is 13.9. The lowest BCUT2D eigenvalue weighted by Crippen LogP contribution is -2.14. The predicted molar refractivity (Wildman–Crippen MR) is 78.1 cm³/mol. The molecule has 2 N–H and O–H groups in total. The first-order chi connectivity index (χ1) is 9.02. The molecule has 0 saturated heterocycles. The predicted octanol–water partition coefficient (Wildman–Crippen LogP) is 4.30. The summed E-state index contributed by atoms with van der Waals surface area (Å²) in [6.07, 6.45) is 0. The van der Waals surface area contributed by atoms with E-state index >= 15 is 0 Å². The van der Waals surface area contributed by atoms with Crippen molar-refractivity contribution in [3.8, 4) is 5.75 Å². The van der Waals surface area contributed by atoms with Crippen molar-refractivity contribution in [1.82, 2.24) is 0 Å². The molecule has 0 spiro atoms. The van der Waals surface area contributed by atoms with Gasteiger partial charge in [-0.1, -0.05) is 33.6 Å². The average Bonchev–Trinajstić information content (AvgIpc) is 2.38. The van der Waals surface area contributed by atoms with Gasteiger partial charge in [0.15, 0.2) is 0 Å². The van der Waals surface area contributed by atoms with Crippen LogP contribution in [0.25, 0.3) is 0 Å². The van der Waals surface area contributed by atoms with Crippen LogP contribution in [0.15, 0.2) is 40.9 Å². The largest absolute Gasteiger partial charge is 0.496 e. The molecular weight excluding hydrogens is 333 g/mol. The quantitative estimate of drug-likeness (QED) is 0.901. The molecule has 0 fully saturated rings. The summed E-state index contributed by atoms with van der Waals surface area (Å²) < 4.78 is 20.0. The van der Waals surface area contributed by atoms with Crippen molar-refractivity contribution in [3.63, 3.8) is 0 Å². The zero-order valence-electron chi connectivity index (χ0n) is 10.2. The molecule has 2 rings (SSSR count). The molecule has 0 aliphatic heterocycles. The Hall–Kier alpha value is -1.10. The van der Waals surface area contributed by atoms with Gasteiger partial charge in [0.25, 0.3) is 0 Å². The topological polar surface area (TPSA) is 35.2 Å². The normalized spacial score (nSPS) is 12.3. The Kier molecular flexibility index (Phi) is 4.45. The van der Waals surface area contributed by atoms with E-state index in [0.29, 0.717) is 21.9 Å². The third-order valence-electron chi connectivity index (χ3n) is 2.82.